The van der Waals surface area contributed by atoms with Gasteiger partial charge in [0.05, 0.1) is 27.0 Å². The summed E-state index contributed by atoms with van der Waals surface area (Å²) in [5.74, 6) is 0. The smallest absolute Gasteiger partial charge is 0.101 e. The molecular weight excluding hydrogens is 291 g/mol. The SMILES string of the molecule is N#Cc1ccc(Cl)cc1Nc1c(Cl)cccc1Cl. The molecule has 1 N–H and O–H groups in total. The molecule has 18 heavy (non-hydrogen) atoms. The maximum absolute atomic E-state index is 9.03. The van der Waals surface area contributed by atoms with Crippen molar-refractivity contribution >= 4 is 46.2 Å². The lowest BCUT2D eigenvalue weighted by atomic mass is 10.2. The van der Waals surface area contributed by atoms with Crippen molar-refractivity contribution in [3.05, 3.63) is 57.0 Å². The molecular formula is C13H7Cl3N2. The summed E-state index contributed by atoms with van der Waals surface area (Å²) < 4.78 is 0. The lowest BCUT2D eigenvalue weighted by molar-refractivity contribution is 1.46. The standard InChI is InChI=1S/C13H7Cl3N2/c14-9-5-4-8(7-17)12(6-9)18-13-10(15)2-1-3-11(13)16/h1-6,18H. The Hall–Kier alpha value is -1.40. The van der Waals surface area contributed by atoms with Gasteiger partial charge in [-0.3, -0.25) is 0 Å². The fourth-order valence-electron chi connectivity index (χ4n) is 1.47. The van der Waals surface area contributed by atoms with Gasteiger partial charge in [-0.25, -0.2) is 0 Å². The molecule has 0 radical (unpaired) electrons. The van der Waals surface area contributed by atoms with Crippen LogP contribution < -0.4 is 5.32 Å². The summed E-state index contributed by atoms with van der Waals surface area (Å²) >= 11 is 18.0. The number of nitrogens with one attached hydrogen (secondary N) is 1. The zero-order chi connectivity index (χ0) is 13.1. The molecule has 0 saturated heterocycles. The van der Waals surface area contributed by atoms with Gasteiger partial charge >= 0.3 is 0 Å². The number of nitrogens with zero attached hydrogens (tertiary/aromatic N) is 1. The van der Waals surface area contributed by atoms with E-state index >= 15 is 0 Å². The molecule has 2 rings (SSSR count). The van der Waals surface area contributed by atoms with Gasteiger partial charge < -0.3 is 5.32 Å². The Balaban J connectivity index is 2.46. The van der Waals surface area contributed by atoms with Crippen LogP contribution in [0.2, 0.25) is 15.1 Å². The Labute approximate surface area is 120 Å². The van der Waals surface area contributed by atoms with Gasteiger partial charge in [-0.2, -0.15) is 5.26 Å². The summed E-state index contributed by atoms with van der Waals surface area (Å²) in [5, 5.41) is 13.5. The molecule has 5 heteroatoms. The molecule has 0 unspecified atom stereocenters. The highest BCUT2D eigenvalue weighted by Gasteiger charge is 2.09. The lowest BCUT2D eigenvalue weighted by Gasteiger charge is -2.11. The molecule has 2 nitrogen and oxygen atoms in total. The second-order valence-electron chi connectivity index (χ2n) is 3.52. The minimum absolute atomic E-state index is 0.468. The highest BCUT2D eigenvalue weighted by Crippen LogP contribution is 2.34. The van der Waals surface area contributed by atoms with Crippen molar-refractivity contribution in [3.63, 3.8) is 0 Å². The Morgan fingerprint density at radius 2 is 1.67 bits per heavy atom. The molecule has 0 fully saturated rings. The topological polar surface area (TPSA) is 35.8 Å². The Morgan fingerprint density at radius 3 is 2.28 bits per heavy atom. The summed E-state index contributed by atoms with van der Waals surface area (Å²) in [6.45, 7) is 0. The number of hydrogen-bond donors (Lipinski definition) is 1. The molecule has 2 aromatic rings. The Bertz CT molecular complexity index is 612. The highest BCUT2D eigenvalue weighted by molar-refractivity contribution is 6.39. The van der Waals surface area contributed by atoms with Crippen molar-refractivity contribution < 1.29 is 0 Å². The lowest BCUT2D eigenvalue weighted by Crippen LogP contribution is -1.95. The molecule has 0 saturated carbocycles. The molecule has 0 aromatic heterocycles. The monoisotopic (exact) mass is 296 g/mol. The molecule has 0 aliphatic carbocycles. The van der Waals surface area contributed by atoms with Crippen molar-refractivity contribution in [2.45, 2.75) is 0 Å². The van der Waals surface area contributed by atoms with Gasteiger partial charge in [0.25, 0.3) is 0 Å². The summed E-state index contributed by atoms with van der Waals surface area (Å²) in [4.78, 5) is 0. The molecule has 0 atom stereocenters. The first kappa shape index (κ1) is 13.0. The average Bonchev–Trinajstić information content (AvgIpc) is 2.34. The normalized spacial score (nSPS) is 9.89. The van der Waals surface area contributed by atoms with Crippen molar-refractivity contribution in [1.29, 1.82) is 5.26 Å². The van der Waals surface area contributed by atoms with Crippen LogP contribution in [0.1, 0.15) is 5.56 Å². The molecule has 0 amide bonds. The summed E-state index contributed by atoms with van der Waals surface area (Å²) in [6, 6.07) is 12.2. The zero-order valence-electron chi connectivity index (χ0n) is 9.05. The van der Waals surface area contributed by atoms with E-state index < -0.39 is 0 Å². The summed E-state index contributed by atoms with van der Waals surface area (Å²) in [5.41, 5.74) is 1.59. The van der Waals surface area contributed by atoms with Crippen LogP contribution in [0.25, 0.3) is 0 Å². The number of benzene rings is 2. The molecule has 0 aliphatic rings. The number of anilines is 2. The van der Waals surface area contributed by atoms with Crippen molar-refractivity contribution in [3.8, 4) is 6.07 Å². The van der Waals surface area contributed by atoms with E-state index in [-0.39, 0.29) is 0 Å². The Kier molecular flexibility index (Phi) is 3.98. The van der Waals surface area contributed by atoms with E-state index in [0.29, 0.717) is 32.0 Å². The van der Waals surface area contributed by atoms with Crippen molar-refractivity contribution in [2.24, 2.45) is 0 Å². The van der Waals surface area contributed by atoms with E-state index in [4.69, 9.17) is 40.1 Å². The van der Waals surface area contributed by atoms with Gasteiger partial charge in [-0.1, -0.05) is 40.9 Å². The molecule has 90 valence electrons. The molecule has 0 heterocycles. The number of nitriles is 1. The van der Waals surface area contributed by atoms with E-state index in [1.165, 1.54) is 0 Å². The summed E-state index contributed by atoms with van der Waals surface area (Å²) in [7, 11) is 0. The third kappa shape index (κ3) is 2.70. The van der Waals surface area contributed by atoms with Gasteiger partial charge in [0.1, 0.15) is 6.07 Å². The predicted octanol–water partition coefficient (Wildman–Crippen LogP) is 5.26. The third-order valence-corrected chi connectivity index (χ3v) is 3.19. The predicted molar refractivity (Wildman–Crippen MR) is 75.9 cm³/mol. The fraction of sp³-hybridized carbons (Fsp3) is 0. The van der Waals surface area contributed by atoms with Crippen LogP contribution in [0.15, 0.2) is 36.4 Å². The largest absolute Gasteiger partial charge is 0.352 e. The van der Waals surface area contributed by atoms with Crippen LogP contribution in [-0.2, 0) is 0 Å². The van der Waals surface area contributed by atoms with Crippen LogP contribution in [0.5, 0.6) is 0 Å². The van der Waals surface area contributed by atoms with Crippen LogP contribution in [0, 0.1) is 11.3 Å². The third-order valence-electron chi connectivity index (χ3n) is 2.32. The van der Waals surface area contributed by atoms with Gasteiger partial charge in [0, 0.05) is 5.02 Å². The second kappa shape index (κ2) is 5.49. The average molecular weight is 298 g/mol. The molecule has 0 bridgehead atoms. The number of halogens is 3. The van der Waals surface area contributed by atoms with Gasteiger partial charge in [0.2, 0.25) is 0 Å². The molecule has 0 aliphatic heterocycles. The zero-order valence-corrected chi connectivity index (χ0v) is 11.3. The maximum atomic E-state index is 9.03. The minimum Gasteiger partial charge on any atom is -0.352 e. The van der Waals surface area contributed by atoms with E-state index in [1.54, 1.807) is 36.4 Å². The highest BCUT2D eigenvalue weighted by atomic mass is 35.5. The van der Waals surface area contributed by atoms with Crippen LogP contribution in [-0.4, -0.2) is 0 Å². The second-order valence-corrected chi connectivity index (χ2v) is 4.77. The van der Waals surface area contributed by atoms with E-state index in [1.807, 2.05) is 0 Å². The fourth-order valence-corrected chi connectivity index (χ4v) is 2.13. The van der Waals surface area contributed by atoms with Gasteiger partial charge in [-0.05, 0) is 30.3 Å². The summed E-state index contributed by atoms with van der Waals surface area (Å²) in [6.07, 6.45) is 0. The quantitative estimate of drug-likeness (QED) is 0.820. The molecule has 0 spiro atoms. The van der Waals surface area contributed by atoms with E-state index in [9.17, 15) is 0 Å². The van der Waals surface area contributed by atoms with Crippen LogP contribution in [0.3, 0.4) is 0 Å². The van der Waals surface area contributed by atoms with Crippen LogP contribution in [0.4, 0.5) is 11.4 Å². The first-order chi connectivity index (χ1) is 8.61. The van der Waals surface area contributed by atoms with Crippen LogP contribution >= 0.6 is 34.8 Å². The number of rotatable bonds is 2. The van der Waals surface area contributed by atoms with E-state index in [0.717, 1.165) is 0 Å². The van der Waals surface area contributed by atoms with Crippen molar-refractivity contribution in [1.82, 2.24) is 0 Å². The van der Waals surface area contributed by atoms with Gasteiger partial charge in [-0.15, -0.1) is 0 Å². The van der Waals surface area contributed by atoms with Gasteiger partial charge in [0.15, 0.2) is 0 Å². The maximum Gasteiger partial charge on any atom is 0.101 e. The number of hydrogen-bond acceptors (Lipinski definition) is 2. The first-order valence-corrected chi connectivity index (χ1v) is 6.16. The van der Waals surface area contributed by atoms with E-state index in [2.05, 4.69) is 11.4 Å². The minimum atomic E-state index is 0.468. The first-order valence-electron chi connectivity index (χ1n) is 5.02. The Morgan fingerprint density at radius 1 is 1.00 bits per heavy atom. The van der Waals surface area contributed by atoms with Crippen molar-refractivity contribution in [2.75, 3.05) is 5.32 Å². The molecule has 2 aromatic carbocycles. The number of para-hydroxylation sites is 1.